The van der Waals surface area contributed by atoms with E-state index in [0.29, 0.717) is 17.4 Å². The molecule has 0 aliphatic carbocycles. The van der Waals surface area contributed by atoms with Gasteiger partial charge in [-0.15, -0.1) is 0 Å². The standard InChI is InChI=1S/C17H15F2N5O3/c1-27-12-5-2-10(3-6-12)17-21-15(22-23-17)9-20-14-7-4-11(24(25)26)8-13(14)16(18)19/h2-8,16,20H,9H2,1H3,(H,21,22,23). The third-order valence-electron chi connectivity index (χ3n) is 3.81. The number of hydrogen-bond donors (Lipinski definition) is 2. The van der Waals surface area contributed by atoms with Crippen molar-refractivity contribution in [1.82, 2.24) is 15.2 Å². The largest absolute Gasteiger partial charge is 0.497 e. The van der Waals surface area contributed by atoms with Crippen molar-refractivity contribution in [3.05, 3.63) is 64.0 Å². The highest BCUT2D eigenvalue weighted by Crippen LogP contribution is 2.31. The fourth-order valence-electron chi connectivity index (χ4n) is 2.43. The maximum atomic E-state index is 13.2. The second kappa shape index (κ2) is 7.77. The van der Waals surface area contributed by atoms with Gasteiger partial charge in [-0.2, -0.15) is 5.10 Å². The Balaban J connectivity index is 1.73. The lowest BCUT2D eigenvalue weighted by Gasteiger charge is -2.10. The Hall–Kier alpha value is -3.56. The number of methoxy groups -OCH3 is 1. The molecule has 2 aromatic carbocycles. The summed E-state index contributed by atoms with van der Waals surface area (Å²) in [6, 6.07) is 10.4. The van der Waals surface area contributed by atoms with Crippen molar-refractivity contribution in [3.8, 4) is 17.1 Å². The number of anilines is 1. The minimum absolute atomic E-state index is 0.0954. The Morgan fingerprint density at radius 1 is 1.26 bits per heavy atom. The first-order chi connectivity index (χ1) is 13.0. The molecule has 27 heavy (non-hydrogen) atoms. The molecule has 8 nitrogen and oxygen atoms in total. The van der Waals surface area contributed by atoms with Gasteiger partial charge in [0.15, 0.2) is 5.82 Å². The Kier molecular flexibility index (Phi) is 5.25. The number of benzene rings is 2. The number of nitrogens with one attached hydrogen (secondary N) is 2. The van der Waals surface area contributed by atoms with E-state index in [4.69, 9.17) is 4.74 Å². The van der Waals surface area contributed by atoms with Crippen LogP contribution >= 0.6 is 0 Å². The number of aromatic amines is 1. The molecule has 140 valence electrons. The topological polar surface area (TPSA) is 106 Å². The van der Waals surface area contributed by atoms with Crippen LogP contribution in [0.5, 0.6) is 5.75 Å². The Bertz CT molecular complexity index is 944. The average Bonchev–Trinajstić information content (AvgIpc) is 3.15. The molecule has 0 aliphatic rings. The third-order valence-corrected chi connectivity index (χ3v) is 3.81. The molecule has 1 aromatic heterocycles. The molecular weight excluding hydrogens is 360 g/mol. The third kappa shape index (κ3) is 4.17. The smallest absolute Gasteiger partial charge is 0.270 e. The van der Waals surface area contributed by atoms with E-state index < -0.39 is 22.6 Å². The van der Waals surface area contributed by atoms with Crippen molar-refractivity contribution in [1.29, 1.82) is 0 Å². The van der Waals surface area contributed by atoms with Gasteiger partial charge in [0, 0.05) is 28.9 Å². The highest BCUT2D eigenvalue weighted by atomic mass is 19.3. The summed E-state index contributed by atoms with van der Waals surface area (Å²) >= 11 is 0. The molecule has 0 radical (unpaired) electrons. The maximum absolute atomic E-state index is 13.2. The fourth-order valence-corrected chi connectivity index (χ4v) is 2.43. The number of nitro groups is 1. The van der Waals surface area contributed by atoms with Crippen molar-refractivity contribution < 1.29 is 18.4 Å². The maximum Gasteiger partial charge on any atom is 0.270 e. The lowest BCUT2D eigenvalue weighted by atomic mass is 10.1. The van der Waals surface area contributed by atoms with E-state index in [0.717, 1.165) is 17.7 Å². The van der Waals surface area contributed by atoms with Crippen LogP contribution in [0.1, 0.15) is 17.8 Å². The molecule has 0 aliphatic heterocycles. The van der Waals surface area contributed by atoms with E-state index in [-0.39, 0.29) is 12.2 Å². The molecule has 0 bridgehead atoms. The van der Waals surface area contributed by atoms with Gasteiger partial charge in [-0.25, -0.2) is 13.8 Å². The normalized spacial score (nSPS) is 10.8. The number of aromatic nitrogens is 3. The van der Waals surface area contributed by atoms with Crippen LogP contribution in [0, 0.1) is 10.1 Å². The second-order valence-electron chi connectivity index (χ2n) is 5.52. The number of halogens is 2. The first kappa shape index (κ1) is 18.2. The van der Waals surface area contributed by atoms with E-state index in [1.807, 2.05) is 0 Å². The van der Waals surface area contributed by atoms with Gasteiger partial charge in [-0.1, -0.05) is 0 Å². The van der Waals surface area contributed by atoms with Crippen molar-refractivity contribution in [3.63, 3.8) is 0 Å². The minimum Gasteiger partial charge on any atom is -0.497 e. The van der Waals surface area contributed by atoms with Crippen molar-refractivity contribution in [2.75, 3.05) is 12.4 Å². The summed E-state index contributed by atoms with van der Waals surface area (Å²) in [5, 5.41) is 20.4. The lowest BCUT2D eigenvalue weighted by molar-refractivity contribution is -0.385. The zero-order valence-corrected chi connectivity index (χ0v) is 14.1. The molecule has 2 N–H and O–H groups in total. The van der Waals surface area contributed by atoms with Crippen LogP contribution < -0.4 is 10.1 Å². The molecule has 0 fully saturated rings. The van der Waals surface area contributed by atoms with E-state index in [1.54, 1.807) is 31.4 Å². The number of hydrogen-bond acceptors (Lipinski definition) is 6. The number of nitro benzene ring substituents is 1. The SMILES string of the molecule is COc1ccc(-c2n[nH]c(CNc3ccc([N+](=O)[O-])cc3C(F)F)n2)cc1. The predicted octanol–water partition coefficient (Wildman–Crippen LogP) is 3.94. The van der Waals surface area contributed by atoms with Gasteiger partial charge in [0.2, 0.25) is 0 Å². The monoisotopic (exact) mass is 375 g/mol. The van der Waals surface area contributed by atoms with Gasteiger partial charge in [-0.3, -0.25) is 15.2 Å². The van der Waals surface area contributed by atoms with Crippen LogP contribution in [0.15, 0.2) is 42.5 Å². The number of alkyl halides is 2. The van der Waals surface area contributed by atoms with Crippen LogP contribution in [0.25, 0.3) is 11.4 Å². The molecule has 0 spiro atoms. The molecule has 0 atom stereocenters. The zero-order chi connectivity index (χ0) is 19.4. The highest BCUT2D eigenvalue weighted by molar-refractivity contribution is 5.57. The van der Waals surface area contributed by atoms with E-state index >= 15 is 0 Å². The van der Waals surface area contributed by atoms with Gasteiger partial charge in [0.05, 0.1) is 18.6 Å². The van der Waals surface area contributed by atoms with Crippen LogP contribution in [0.3, 0.4) is 0 Å². The number of nitrogens with zero attached hydrogens (tertiary/aromatic N) is 3. The van der Waals surface area contributed by atoms with Crippen molar-refractivity contribution >= 4 is 11.4 Å². The zero-order valence-electron chi connectivity index (χ0n) is 14.1. The molecule has 1 heterocycles. The van der Waals surface area contributed by atoms with Crippen molar-refractivity contribution in [2.24, 2.45) is 0 Å². The molecule has 0 amide bonds. The lowest BCUT2D eigenvalue weighted by Crippen LogP contribution is -2.05. The minimum atomic E-state index is -2.85. The summed E-state index contributed by atoms with van der Waals surface area (Å²) in [4.78, 5) is 14.3. The fraction of sp³-hybridized carbons (Fsp3) is 0.176. The summed E-state index contributed by atoms with van der Waals surface area (Å²) in [5.74, 6) is 1.58. The number of non-ortho nitro benzene ring substituents is 1. The summed E-state index contributed by atoms with van der Waals surface area (Å²) in [7, 11) is 1.57. The first-order valence-electron chi connectivity index (χ1n) is 7.84. The number of rotatable bonds is 7. The Morgan fingerprint density at radius 2 is 2.00 bits per heavy atom. The molecule has 10 heteroatoms. The van der Waals surface area contributed by atoms with Gasteiger partial charge >= 0.3 is 0 Å². The van der Waals surface area contributed by atoms with Gasteiger partial charge in [0.1, 0.15) is 11.6 Å². The van der Waals surface area contributed by atoms with E-state index in [1.165, 1.54) is 6.07 Å². The Labute approximate surface area is 152 Å². The molecule has 0 saturated carbocycles. The van der Waals surface area contributed by atoms with Crippen LogP contribution in [0.4, 0.5) is 20.2 Å². The Morgan fingerprint density at radius 3 is 2.63 bits per heavy atom. The average molecular weight is 375 g/mol. The summed E-state index contributed by atoms with van der Waals surface area (Å²) in [6.45, 7) is 0.0979. The molecule has 3 aromatic rings. The predicted molar refractivity (Wildman–Crippen MR) is 93.8 cm³/mol. The van der Waals surface area contributed by atoms with Crippen LogP contribution in [0.2, 0.25) is 0 Å². The highest BCUT2D eigenvalue weighted by Gasteiger charge is 2.18. The number of H-pyrrole nitrogens is 1. The van der Waals surface area contributed by atoms with E-state index in [9.17, 15) is 18.9 Å². The van der Waals surface area contributed by atoms with Gasteiger partial charge < -0.3 is 10.1 Å². The summed E-state index contributed by atoms with van der Waals surface area (Å²) in [5.41, 5.74) is 0.0244. The molecule has 3 rings (SSSR count). The number of ether oxygens (including phenoxy) is 1. The van der Waals surface area contributed by atoms with Gasteiger partial charge in [0.25, 0.3) is 12.1 Å². The molecular formula is C17H15F2N5O3. The molecule has 0 saturated heterocycles. The van der Waals surface area contributed by atoms with Crippen LogP contribution in [-0.2, 0) is 6.54 Å². The van der Waals surface area contributed by atoms with Crippen molar-refractivity contribution in [2.45, 2.75) is 13.0 Å². The quantitative estimate of drug-likeness (QED) is 0.479. The summed E-state index contributed by atoms with van der Waals surface area (Å²) in [6.07, 6.45) is -2.85. The first-order valence-corrected chi connectivity index (χ1v) is 7.84. The summed E-state index contributed by atoms with van der Waals surface area (Å²) < 4.78 is 31.4. The van der Waals surface area contributed by atoms with E-state index in [2.05, 4.69) is 20.5 Å². The molecule has 0 unspecified atom stereocenters. The second-order valence-corrected chi connectivity index (χ2v) is 5.52. The van der Waals surface area contributed by atoms with Crippen LogP contribution in [-0.4, -0.2) is 27.2 Å². The van der Waals surface area contributed by atoms with Gasteiger partial charge in [-0.05, 0) is 30.3 Å².